The van der Waals surface area contributed by atoms with Gasteiger partial charge in [-0.25, -0.2) is 0 Å². The molecule has 1 saturated heterocycles. The molecule has 1 heterocycles. The molecule has 0 aromatic carbocycles. The molecule has 0 aliphatic carbocycles. The van der Waals surface area contributed by atoms with Crippen molar-refractivity contribution in [3.63, 3.8) is 0 Å². The van der Waals surface area contributed by atoms with Gasteiger partial charge in [-0.2, -0.15) is 0 Å². The number of rotatable bonds is 0. The van der Waals surface area contributed by atoms with Crippen LogP contribution in [-0.4, -0.2) is 30.7 Å². The third kappa shape index (κ3) is 1.00. The van der Waals surface area contributed by atoms with Crippen molar-refractivity contribution in [2.24, 2.45) is 0 Å². The zero-order valence-corrected chi connectivity index (χ0v) is 8.34. The number of hydrogen-bond acceptors (Lipinski definition) is 0. The number of halogens is 1. The summed E-state index contributed by atoms with van der Waals surface area (Å²) in [7, 11) is 4.55. The van der Waals surface area contributed by atoms with Crippen molar-refractivity contribution in [2.75, 3.05) is 14.1 Å². The number of likely N-dealkylation sites (N-methyl/N-ethyl adjacent to an activating group) is 1. The van der Waals surface area contributed by atoms with Crippen LogP contribution < -0.4 is 0 Å². The highest BCUT2D eigenvalue weighted by molar-refractivity contribution is 14.0. The van der Waals surface area contributed by atoms with Gasteiger partial charge in [0.1, 0.15) is 12.1 Å². The quantitative estimate of drug-likeness (QED) is 0.334. The molecule has 2 heteroatoms. The van der Waals surface area contributed by atoms with Crippen molar-refractivity contribution in [3.05, 3.63) is 0 Å². The second-order valence-corrected chi connectivity index (χ2v) is 3.11. The Morgan fingerprint density at radius 2 is 1.12 bits per heavy atom. The molecule has 0 amide bonds. The third-order valence-corrected chi connectivity index (χ3v) is 2.71. The molecular weight excluding hydrogens is 213 g/mol. The van der Waals surface area contributed by atoms with E-state index in [1.54, 1.807) is 0 Å². The van der Waals surface area contributed by atoms with E-state index in [4.69, 9.17) is 0 Å². The molecule has 0 N–H and O–H groups in total. The molecule has 0 aromatic heterocycles. The van der Waals surface area contributed by atoms with Gasteiger partial charge < -0.3 is 4.48 Å². The van der Waals surface area contributed by atoms with E-state index in [0.717, 1.165) is 12.1 Å². The molecule has 1 aliphatic rings. The maximum absolute atomic E-state index is 2.30. The molecule has 0 radical (unpaired) electrons. The fraction of sp³-hybridized carbons (Fsp3) is 1.00. The maximum atomic E-state index is 2.30. The van der Waals surface area contributed by atoms with Crippen LogP contribution in [0.15, 0.2) is 0 Å². The summed E-state index contributed by atoms with van der Waals surface area (Å²) < 4.78 is 1.22. The Labute approximate surface area is 68.7 Å². The van der Waals surface area contributed by atoms with Crippen molar-refractivity contribution in [1.29, 1.82) is 0 Å². The maximum Gasteiger partial charge on any atom is 0.138 e. The lowest BCUT2D eigenvalue weighted by atomic mass is 10.4. The summed E-state index contributed by atoms with van der Waals surface area (Å²) in [4.78, 5) is 0. The van der Waals surface area contributed by atoms with Crippen LogP contribution in [0.5, 0.6) is 0 Å². The minimum absolute atomic E-state index is 0. The second-order valence-electron chi connectivity index (χ2n) is 3.11. The minimum atomic E-state index is 0. The van der Waals surface area contributed by atoms with E-state index in [0.29, 0.717) is 0 Å². The van der Waals surface area contributed by atoms with Gasteiger partial charge in [0.05, 0.1) is 14.1 Å². The van der Waals surface area contributed by atoms with E-state index in [-0.39, 0.29) is 24.0 Å². The molecule has 2 atom stereocenters. The van der Waals surface area contributed by atoms with Crippen LogP contribution >= 0.6 is 24.0 Å². The van der Waals surface area contributed by atoms with E-state index in [1.165, 1.54) is 4.48 Å². The third-order valence-electron chi connectivity index (χ3n) is 2.71. The van der Waals surface area contributed by atoms with Crippen LogP contribution in [0.25, 0.3) is 0 Å². The fourth-order valence-electron chi connectivity index (χ4n) is 1.05. The Bertz CT molecular complexity index is 80.5. The van der Waals surface area contributed by atoms with E-state index in [9.17, 15) is 0 Å². The summed E-state index contributed by atoms with van der Waals surface area (Å²) >= 11 is 0. The highest BCUT2D eigenvalue weighted by atomic mass is 127. The molecule has 50 valence electrons. The zero-order chi connectivity index (χ0) is 5.65. The first-order valence-electron chi connectivity index (χ1n) is 2.90. The lowest BCUT2D eigenvalue weighted by molar-refractivity contribution is -0.780. The van der Waals surface area contributed by atoms with E-state index < -0.39 is 0 Å². The number of nitrogens with zero attached hydrogens (tertiary/aromatic N) is 1. The monoisotopic (exact) mass is 228 g/mol. The molecule has 0 saturated carbocycles. The molecule has 0 spiro atoms. The number of hydrogen-bond donors (Lipinski definition) is 0. The van der Waals surface area contributed by atoms with Crippen LogP contribution in [0.1, 0.15) is 13.8 Å². The van der Waals surface area contributed by atoms with Gasteiger partial charge in [0.15, 0.2) is 0 Å². The molecule has 1 nitrogen and oxygen atoms in total. The lowest BCUT2D eigenvalue weighted by Gasteiger charge is -2.02. The molecule has 1 aliphatic heterocycles. The van der Waals surface area contributed by atoms with Gasteiger partial charge in [-0.3, -0.25) is 0 Å². The molecule has 1 fully saturated rings. The molecule has 0 bridgehead atoms. The van der Waals surface area contributed by atoms with Crippen molar-refractivity contribution in [1.82, 2.24) is 0 Å². The molecule has 1 rings (SSSR count). The van der Waals surface area contributed by atoms with Crippen LogP contribution in [0, 0.1) is 0 Å². The van der Waals surface area contributed by atoms with Gasteiger partial charge >= 0.3 is 0 Å². The first kappa shape index (κ1) is 8.69. The summed E-state index contributed by atoms with van der Waals surface area (Å²) in [5.74, 6) is 0. The average Bonchev–Trinajstić information content (AvgIpc) is 1.91. The summed E-state index contributed by atoms with van der Waals surface area (Å²) in [6.07, 6.45) is 0. The standard InChI is InChI=1S/C6H14N.HI/c1-5-6(2)7(5,3)4;/h5-6H,1-4H3;1H/q+1;/t5-,6-;/m1./s1. The predicted molar refractivity (Wildman–Crippen MR) is 46.4 cm³/mol. The van der Waals surface area contributed by atoms with Crippen LogP contribution in [0.3, 0.4) is 0 Å². The highest BCUT2D eigenvalue weighted by Gasteiger charge is 2.53. The molecule has 8 heavy (non-hydrogen) atoms. The van der Waals surface area contributed by atoms with Crippen LogP contribution in [0.2, 0.25) is 0 Å². The second kappa shape index (κ2) is 2.14. The van der Waals surface area contributed by atoms with Gasteiger partial charge in [-0.1, -0.05) is 0 Å². The van der Waals surface area contributed by atoms with E-state index in [1.807, 2.05) is 0 Å². The Morgan fingerprint density at radius 3 is 1.12 bits per heavy atom. The summed E-state index contributed by atoms with van der Waals surface area (Å²) in [6.45, 7) is 4.59. The smallest absolute Gasteiger partial charge is 0.138 e. The van der Waals surface area contributed by atoms with E-state index >= 15 is 0 Å². The summed E-state index contributed by atoms with van der Waals surface area (Å²) in [6, 6.07) is 1.81. The van der Waals surface area contributed by atoms with Crippen molar-refractivity contribution < 1.29 is 4.48 Å². The first-order chi connectivity index (χ1) is 3.07. The fourth-order valence-corrected chi connectivity index (χ4v) is 1.05. The zero-order valence-electron chi connectivity index (χ0n) is 6.01. The van der Waals surface area contributed by atoms with Crippen molar-refractivity contribution in [3.8, 4) is 0 Å². The normalized spacial score (nSPS) is 40.5. The Hall–Kier alpha value is 0.690. The minimum Gasteiger partial charge on any atom is -0.314 e. The summed E-state index contributed by atoms with van der Waals surface area (Å²) in [5, 5.41) is 0. The first-order valence-corrected chi connectivity index (χ1v) is 2.90. The largest absolute Gasteiger partial charge is 0.314 e. The van der Waals surface area contributed by atoms with Gasteiger partial charge in [0, 0.05) is 0 Å². The topological polar surface area (TPSA) is 0 Å². The van der Waals surface area contributed by atoms with Crippen molar-refractivity contribution >= 4 is 24.0 Å². The van der Waals surface area contributed by atoms with Gasteiger partial charge in [0.2, 0.25) is 0 Å². The van der Waals surface area contributed by atoms with E-state index in [2.05, 4.69) is 27.9 Å². The Morgan fingerprint density at radius 1 is 1.00 bits per heavy atom. The highest BCUT2D eigenvalue weighted by Crippen LogP contribution is 2.33. The molecule has 0 unspecified atom stereocenters. The average molecular weight is 228 g/mol. The van der Waals surface area contributed by atoms with Gasteiger partial charge in [-0.15, -0.1) is 24.0 Å². The van der Waals surface area contributed by atoms with Crippen LogP contribution in [0.4, 0.5) is 0 Å². The van der Waals surface area contributed by atoms with Crippen molar-refractivity contribution in [2.45, 2.75) is 25.9 Å². The Balaban J connectivity index is 0.000000490. The lowest BCUT2D eigenvalue weighted by Crippen LogP contribution is -2.16. The van der Waals surface area contributed by atoms with Crippen LogP contribution in [-0.2, 0) is 0 Å². The molecular formula is C6H15IN+. The molecule has 0 aromatic rings. The van der Waals surface area contributed by atoms with Gasteiger partial charge in [-0.05, 0) is 13.8 Å². The van der Waals surface area contributed by atoms with Gasteiger partial charge in [0.25, 0.3) is 0 Å². The SMILES string of the molecule is C[C@@H]1[C@@H](C)[N+]1(C)C.I. The Kier molecular flexibility index (Phi) is 2.32. The predicted octanol–water partition coefficient (Wildman–Crippen LogP) is 1.47. The summed E-state index contributed by atoms with van der Waals surface area (Å²) in [5.41, 5.74) is 0. The number of quaternary nitrogens is 1.